The third kappa shape index (κ3) is 3.10. The number of aliphatic hydroxyl groups excluding tert-OH is 1. The van der Waals surface area contributed by atoms with Crippen molar-refractivity contribution in [3.8, 4) is 0 Å². The number of fused-ring (bicyclic) bond motifs is 1. The topological polar surface area (TPSA) is 45.8 Å². The van der Waals surface area contributed by atoms with Gasteiger partial charge in [0.2, 0.25) is 0 Å². The van der Waals surface area contributed by atoms with Gasteiger partial charge in [0.15, 0.2) is 0 Å². The Kier molecular flexibility index (Phi) is 4.75. The number of ether oxygens (including phenoxy) is 1. The highest BCUT2D eigenvalue weighted by Crippen LogP contribution is 2.21. The van der Waals surface area contributed by atoms with E-state index in [0.717, 1.165) is 29.6 Å². The minimum atomic E-state index is 0.152. The van der Waals surface area contributed by atoms with E-state index in [2.05, 4.69) is 11.0 Å². The summed E-state index contributed by atoms with van der Waals surface area (Å²) < 4.78 is 10.6. The van der Waals surface area contributed by atoms with Gasteiger partial charge in [0, 0.05) is 37.7 Å². The third-order valence-corrected chi connectivity index (χ3v) is 2.98. The number of furan rings is 1. The molecule has 1 aromatic heterocycles. The van der Waals surface area contributed by atoms with Gasteiger partial charge in [-0.3, -0.25) is 4.90 Å². The summed E-state index contributed by atoms with van der Waals surface area (Å²) >= 11 is 0. The molecule has 0 saturated carbocycles. The number of rotatable bonds is 7. The average molecular weight is 249 g/mol. The molecule has 18 heavy (non-hydrogen) atoms. The van der Waals surface area contributed by atoms with E-state index in [-0.39, 0.29) is 6.61 Å². The molecular formula is C14H19NO3. The Morgan fingerprint density at radius 3 is 2.89 bits per heavy atom. The van der Waals surface area contributed by atoms with E-state index in [9.17, 15) is 0 Å². The van der Waals surface area contributed by atoms with Crippen LogP contribution in [0.1, 0.15) is 5.56 Å². The van der Waals surface area contributed by atoms with Crippen molar-refractivity contribution in [3.05, 3.63) is 36.1 Å². The van der Waals surface area contributed by atoms with Crippen molar-refractivity contribution in [3.63, 3.8) is 0 Å². The molecule has 0 fully saturated rings. The number of methoxy groups -OCH3 is 1. The summed E-state index contributed by atoms with van der Waals surface area (Å²) in [6, 6.07) is 7.99. The molecule has 1 heterocycles. The van der Waals surface area contributed by atoms with Gasteiger partial charge in [-0.25, -0.2) is 0 Å². The second kappa shape index (κ2) is 6.54. The van der Waals surface area contributed by atoms with Crippen molar-refractivity contribution in [2.45, 2.75) is 6.54 Å². The highest BCUT2D eigenvalue weighted by Gasteiger charge is 2.10. The second-order valence-electron chi connectivity index (χ2n) is 4.25. The molecule has 4 nitrogen and oxygen atoms in total. The van der Waals surface area contributed by atoms with Crippen molar-refractivity contribution in [2.75, 3.05) is 33.4 Å². The van der Waals surface area contributed by atoms with Crippen LogP contribution in [0.2, 0.25) is 0 Å². The smallest absolute Gasteiger partial charge is 0.134 e. The van der Waals surface area contributed by atoms with Crippen LogP contribution in [0.15, 0.2) is 34.9 Å². The molecule has 2 aromatic rings. The Morgan fingerprint density at radius 1 is 1.28 bits per heavy atom. The van der Waals surface area contributed by atoms with Crippen molar-refractivity contribution in [1.82, 2.24) is 4.90 Å². The van der Waals surface area contributed by atoms with Crippen molar-refractivity contribution < 1.29 is 14.3 Å². The van der Waals surface area contributed by atoms with Gasteiger partial charge in [0.1, 0.15) is 5.58 Å². The Morgan fingerprint density at radius 2 is 2.11 bits per heavy atom. The molecule has 1 aromatic carbocycles. The molecule has 4 heteroatoms. The van der Waals surface area contributed by atoms with Crippen LogP contribution in [0.25, 0.3) is 11.0 Å². The number of aliphatic hydroxyl groups is 1. The summed E-state index contributed by atoms with van der Waals surface area (Å²) in [5.41, 5.74) is 2.05. The fraction of sp³-hybridized carbons (Fsp3) is 0.429. The first kappa shape index (κ1) is 13.1. The molecule has 0 aliphatic rings. The maximum absolute atomic E-state index is 9.07. The first-order valence-electron chi connectivity index (χ1n) is 6.12. The van der Waals surface area contributed by atoms with Crippen LogP contribution < -0.4 is 0 Å². The summed E-state index contributed by atoms with van der Waals surface area (Å²) in [5, 5.41) is 10.2. The predicted octanol–water partition coefficient (Wildman–Crippen LogP) is 1.87. The Bertz CT molecular complexity index is 481. The molecule has 0 spiro atoms. The lowest BCUT2D eigenvalue weighted by Gasteiger charge is -2.20. The summed E-state index contributed by atoms with van der Waals surface area (Å²) in [5.74, 6) is 0. The van der Waals surface area contributed by atoms with Crippen LogP contribution in [0, 0.1) is 0 Å². The van der Waals surface area contributed by atoms with Crippen LogP contribution in [0.3, 0.4) is 0 Å². The van der Waals surface area contributed by atoms with E-state index >= 15 is 0 Å². The van der Waals surface area contributed by atoms with Crippen LogP contribution >= 0.6 is 0 Å². The lowest BCUT2D eigenvalue weighted by molar-refractivity contribution is 0.127. The van der Waals surface area contributed by atoms with Gasteiger partial charge in [-0.05, 0) is 6.07 Å². The molecule has 0 aliphatic carbocycles. The quantitative estimate of drug-likeness (QED) is 0.813. The lowest BCUT2D eigenvalue weighted by Crippen LogP contribution is -2.29. The van der Waals surface area contributed by atoms with Gasteiger partial charge >= 0.3 is 0 Å². The fourth-order valence-corrected chi connectivity index (χ4v) is 2.03. The van der Waals surface area contributed by atoms with Crippen molar-refractivity contribution in [2.24, 2.45) is 0 Å². The maximum Gasteiger partial charge on any atom is 0.134 e. The molecular weight excluding hydrogens is 230 g/mol. The number of nitrogens with zero attached hydrogens (tertiary/aromatic N) is 1. The van der Waals surface area contributed by atoms with E-state index in [1.165, 1.54) is 0 Å². The third-order valence-electron chi connectivity index (χ3n) is 2.98. The Labute approximate surface area is 107 Å². The van der Waals surface area contributed by atoms with E-state index < -0.39 is 0 Å². The molecule has 98 valence electrons. The van der Waals surface area contributed by atoms with Gasteiger partial charge in [-0.15, -0.1) is 0 Å². The largest absolute Gasteiger partial charge is 0.464 e. The fourth-order valence-electron chi connectivity index (χ4n) is 2.03. The molecule has 0 radical (unpaired) electrons. The summed E-state index contributed by atoms with van der Waals surface area (Å²) in [6.45, 7) is 3.02. The first-order chi connectivity index (χ1) is 8.85. The SMILES string of the molecule is COCCN(CCO)Cc1coc2ccccc12. The zero-order chi connectivity index (χ0) is 12.8. The highest BCUT2D eigenvalue weighted by atomic mass is 16.5. The summed E-state index contributed by atoms with van der Waals surface area (Å²) in [7, 11) is 1.68. The summed E-state index contributed by atoms with van der Waals surface area (Å²) in [6.07, 6.45) is 1.79. The zero-order valence-corrected chi connectivity index (χ0v) is 10.6. The highest BCUT2D eigenvalue weighted by molar-refractivity contribution is 5.80. The van der Waals surface area contributed by atoms with Gasteiger partial charge in [-0.2, -0.15) is 0 Å². The number of hydrogen-bond acceptors (Lipinski definition) is 4. The van der Waals surface area contributed by atoms with Crippen LogP contribution in [0.4, 0.5) is 0 Å². The second-order valence-corrected chi connectivity index (χ2v) is 4.25. The number of para-hydroxylation sites is 1. The Balaban J connectivity index is 2.10. The average Bonchev–Trinajstić information content (AvgIpc) is 2.80. The van der Waals surface area contributed by atoms with Crippen LogP contribution in [-0.4, -0.2) is 43.4 Å². The molecule has 1 N–H and O–H groups in total. The maximum atomic E-state index is 9.07. The van der Waals surface area contributed by atoms with E-state index in [1.54, 1.807) is 13.4 Å². The van der Waals surface area contributed by atoms with E-state index in [0.29, 0.717) is 13.2 Å². The zero-order valence-electron chi connectivity index (χ0n) is 10.6. The van der Waals surface area contributed by atoms with Crippen LogP contribution in [0.5, 0.6) is 0 Å². The number of hydrogen-bond donors (Lipinski definition) is 1. The minimum Gasteiger partial charge on any atom is -0.464 e. The van der Waals surface area contributed by atoms with Gasteiger partial charge in [0.25, 0.3) is 0 Å². The molecule has 0 amide bonds. The number of benzene rings is 1. The normalized spacial score (nSPS) is 11.5. The van der Waals surface area contributed by atoms with E-state index in [4.69, 9.17) is 14.3 Å². The van der Waals surface area contributed by atoms with Gasteiger partial charge in [-0.1, -0.05) is 18.2 Å². The first-order valence-corrected chi connectivity index (χ1v) is 6.12. The molecule has 0 saturated heterocycles. The predicted molar refractivity (Wildman–Crippen MR) is 70.5 cm³/mol. The molecule has 0 atom stereocenters. The van der Waals surface area contributed by atoms with E-state index in [1.807, 2.05) is 18.2 Å². The molecule has 2 rings (SSSR count). The van der Waals surface area contributed by atoms with Crippen LogP contribution in [-0.2, 0) is 11.3 Å². The van der Waals surface area contributed by atoms with Crippen molar-refractivity contribution >= 4 is 11.0 Å². The lowest BCUT2D eigenvalue weighted by atomic mass is 10.1. The molecule has 0 bridgehead atoms. The molecule has 0 aliphatic heterocycles. The minimum absolute atomic E-state index is 0.152. The summed E-state index contributed by atoms with van der Waals surface area (Å²) in [4.78, 5) is 2.15. The van der Waals surface area contributed by atoms with Gasteiger partial charge in [0.05, 0.1) is 19.5 Å². The molecule has 0 unspecified atom stereocenters. The Hall–Kier alpha value is -1.36. The standard InChI is InChI=1S/C14H19NO3/c1-17-9-7-15(6-8-16)10-12-11-18-14-5-3-2-4-13(12)14/h2-5,11,16H,6-10H2,1H3. The monoisotopic (exact) mass is 249 g/mol. The van der Waals surface area contributed by atoms with Crippen molar-refractivity contribution in [1.29, 1.82) is 0 Å². The van der Waals surface area contributed by atoms with Gasteiger partial charge < -0.3 is 14.3 Å².